The molecule has 20 heavy (non-hydrogen) atoms. The Labute approximate surface area is 125 Å². The molecular weight excluding hydrogens is 266 g/mol. The quantitative estimate of drug-likeness (QED) is 0.915. The highest BCUT2D eigenvalue weighted by molar-refractivity contribution is 7.11. The lowest BCUT2D eigenvalue weighted by Gasteiger charge is -2.17. The van der Waals surface area contributed by atoms with Crippen LogP contribution < -0.4 is 5.32 Å². The van der Waals surface area contributed by atoms with Crippen LogP contribution in [0, 0.1) is 0 Å². The molecule has 108 valence electrons. The van der Waals surface area contributed by atoms with Gasteiger partial charge in [-0.1, -0.05) is 27.7 Å². The first kappa shape index (κ1) is 15.1. The van der Waals surface area contributed by atoms with Crippen molar-refractivity contribution in [3.8, 4) is 0 Å². The number of nitrogens with one attached hydrogen (secondary N) is 1. The number of nitrogens with zero attached hydrogens (tertiary/aromatic N) is 2. The van der Waals surface area contributed by atoms with Crippen molar-refractivity contribution in [2.45, 2.75) is 46.1 Å². The summed E-state index contributed by atoms with van der Waals surface area (Å²) in [6.45, 7) is 10.7. The van der Waals surface area contributed by atoms with Crippen LogP contribution in [0.2, 0.25) is 0 Å². The van der Waals surface area contributed by atoms with Crippen LogP contribution in [0.25, 0.3) is 0 Å². The van der Waals surface area contributed by atoms with E-state index in [1.807, 2.05) is 23.7 Å². The molecule has 0 spiro atoms. The number of rotatable bonds is 5. The molecule has 0 saturated heterocycles. The van der Waals surface area contributed by atoms with Crippen molar-refractivity contribution < 1.29 is 0 Å². The topological polar surface area (TPSA) is 37.8 Å². The molecule has 1 N–H and O–H groups in total. The minimum absolute atomic E-state index is 0.0950. The lowest BCUT2D eigenvalue weighted by molar-refractivity contribution is 0.559. The van der Waals surface area contributed by atoms with E-state index in [-0.39, 0.29) is 5.41 Å². The maximum absolute atomic E-state index is 4.89. The monoisotopic (exact) mass is 289 g/mol. The van der Waals surface area contributed by atoms with E-state index in [0.29, 0.717) is 0 Å². The van der Waals surface area contributed by atoms with Gasteiger partial charge in [0.05, 0.1) is 10.7 Å². The van der Waals surface area contributed by atoms with Gasteiger partial charge in [0, 0.05) is 35.7 Å². The van der Waals surface area contributed by atoms with Gasteiger partial charge in [0.15, 0.2) is 0 Å². The maximum Gasteiger partial charge on any atom is 0.0975 e. The van der Waals surface area contributed by atoms with Gasteiger partial charge in [0.2, 0.25) is 0 Å². The largest absolute Gasteiger partial charge is 0.312 e. The first-order chi connectivity index (χ1) is 9.50. The summed E-state index contributed by atoms with van der Waals surface area (Å²) >= 11 is 1.83. The summed E-state index contributed by atoms with van der Waals surface area (Å²) in [4.78, 5) is 10.3. The molecule has 3 nitrogen and oxygen atoms in total. The molecule has 2 rings (SSSR count). The van der Waals surface area contributed by atoms with E-state index >= 15 is 0 Å². The predicted molar refractivity (Wildman–Crippen MR) is 85.2 cm³/mol. The van der Waals surface area contributed by atoms with Crippen LogP contribution in [-0.2, 0) is 18.4 Å². The fourth-order valence-corrected chi connectivity index (χ4v) is 3.38. The van der Waals surface area contributed by atoms with Gasteiger partial charge >= 0.3 is 0 Å². The highest BCUT2D eigenvalue weighted by atomic mass is 32.1. The Morgan fingerprint density at radius 2 is 1.90 bits per heavy atom. The van der Waals surface area contributed by atoms with Crippen molar-refractivity contribution in [3.05, 3.63) is 45.7 Å². The maximum atomic E-state index is 4.89. The summed E-state index contributed by atoms with van der Waals surface area (Å²) in [6.07, 6.45) is 4.57. The molecule has 0 bridgehead atoms. The highest BCUT2D eigenvalue weighted by Gasteiger charge is 2.22. The SMILES string of the molecule is CCNCc1sc(Cc2ccncc2)nc1C(C)(C)C. The van der Waals surface area contributed by atoms with Gasteiger partial charge in [-0.2, -0.15) is 0 Å². The Bertz CT molecular complexity index is 541. The van der Waals surface area contributed by atoms with Crippen molar-refractivity contribution in [2.75, 3.05) is 6.54 Å². The van der Waals surface area contributed by atoms with Crippen molar-refractivity contribution in [3.63, 3.8) is 0 Å². The molecule has 0 aromatic carbocycles. The van der Waals surface area contributed by atoms with Crippen LogP contribution in [0.1, 0.15) is 48.8 Å². The first-order valence-corrected chi connectivity index (χ1v) is 7.91. The second kappa shape index (κ2) is 6.46. The molecule has 0 amide bonds. The normalized spacial score (nSPS) is 11.8. The fraction of sp³-hybridized carbons (Fsp3) is 0.500. The molecule has 2 heterocycles. The van der Waals surface area contributed by atoms with Gasteiger partial charge in [-0.3, -0.25) is 4.98 Å². The lowest BCUT2D eigenvalue weighted by atomic mass is 9.91. The summed E-state index contributed by atoms with van der Waals surface area (Å²) in [5.41, 5.74) is 2.59. The van der Waals surface area contributed by atoms with Crippen LogP contribution >= 0.6 is 11.3 Å². The summed E-state index contributed by atoms with van der Waals surface area (Å²) < 4.78 is 0. The van der Waals surface area contributed by atoms with Gasteiger partial charge in [0.1, 0.15) is 0 Å². The van der Waals surface area contributed by atoms with E-state index in [1.54, 1.807) is 0 Å². The number of hydrogen-bond acceptors (Lipinski definition) is 4. The van der Waals surface area contributed by atoms with Crippen molar-refractivity contribution in [1.29, 1.82) is 0 Å². The third kappa shape index (κ3) is 3.87. The van der Waals surface area contributed by atoms with Crippen LogP contribution in [0.4, 0.5) is 0 Å². The minimum atomic E-state index is 0.0950. The number of aromatic nitrogens is 2. The molecule has 0 saturated carbocycles. The fourth-order valence-electron chi connectivity index (χ4n) is 2.10. The summed E-state index contributed by atoms with van der Waals surface area (Å²) in [5.74, 6) is 0. The first-order valence-electron chi connectivity index (χ1n) is 7.09. The third-order valence-electron chi connectivity index (χ3n) is 3.09. The average molecular weight is 289 g/mol. The van der Waals surface area contributed by atoms with E-state index in [9.17, 15) is 0 Å². The number of pyridine rings is 1. The minimum Gasteiger partial charge on any atom is -0.312 e. The van der Waals surface area contributed by atoms with Crippen LogP contribution in [0.15, 0.2) is 24.5 Å². The van der Waals surface area contributed by atoms with Crippen molar-refractivity contribution >= 4 is 11.3 Å². The molecular formula is C16H23N3S. The van der Waals surface area contributed by atoms with E-state index in [0.717, 1.165) is 19.5 Å². The lowest BCUT2D eigenvalue weighted by Crippen LogP contribution is -2.18. The van der Waals surface area contributed by atoms with Crippen LogP contribution in [0.5, 0.6) is 0 Å². The molecule has 0 unspecified atom stereocenters. The molecule has 0 aliphatic rings. The Balaban J connectivity index is 2.24. The zero-order valence-corrected chi connectivity index (χ0v) is 13.5. The second-order valence-electron chi connectivity index (χ2n) is 5.94. The Morgan fingerprint density at radius 1 is 1.20 bits per heavy atom. The van der Waals surface area contributed by atoms with Crippen molar-refractivity contribution in [2.24, 2.45) is 0 Å². The van der Waals surface area contributed by atoms with Crippen molar-refractivity contribution in [1.82, 2.24) is 15.3 Å². The van der Waals surface area contributed by atoms with Gasteiger partial charge in [-0.15, -0.1) is 11.3 Å². The Kier molecular flexibility index (Phi) is 4.89. The Hall–Kier alpha value is -1.26. The zero-order valence-electron chi connectivity index (χ0n) is 12.7. The van der Waals surface area contributed by atoms with E-state index in [4.69, 9.17) is 4.98 Å². The average Bonchev–Trinajstić information content (AvgIpc) is 2.80. The predicted octanol–water partition coefficient (Wildman–Crippen LogP) is 3.54. The third-order valence-corrected chi connectivity index (χ3v) is 4.15. The number of hydrogen-bond donors (Lipinski definition) is 1. The zero-order chi connectivity index (χ0) is 14.6. The molecule has 0 atom stereocenters. The standard InChI is InChI=1S/C16H23N3S/c1-5-17-11-13-15(16(2,3)4)19-14(20-13)10-12-6-8-18-9-7-12/h6-9,17H,5,10-11H2,1-4H3. The molecule has 0 aliphatic heterocycles. The second-order valence-corrected chi connectivity index (χ2v) is 7.11. The van der Waals surface area contributed by atoms with Gasteiger partial charge in [-0.25, -0.2) is 4.98 Å². The van der Waals surface area contributed by atoms with E-state index in [1.165, 1.54) is 21.1 Å². The van der Waals surface area contributed by atoms with Crippen LogP contribution in [-0.4, -0.2) is 16.5 Å². The number of thiazole rings is 1. The summed E-state index contributed by atoms with van der Waals surface area (Å²) in [5, 5.41) is 4.60. The van der Waals surface area contributed by atoms with Crippen LogP contribution in [0.3, 0.4) is 0 Å². The molecule has 0 aliphatic carbocycles. The molecule has 0 radical (unpaired) electrons. The van der Waals surface area contributed by atoms with Gasteiger partial charge < -0.3 is 5.32 Å². The molecule has 4 heteroatoms. The van der Waals surface area contributed by atoms with Gasteiger partial charge in [-0.05, 0) is 24.2 Å². The molecule has 0 fully saturated rings. The summed E-state index contributed by atoms with van der Waals surface area (Å²) in [7, 11) is 0. The highest BCUT2D eigenvalue weighted by Crippen LogP contribution is 2.30. The van der Waals surface area contributed by atoms with E-state index < -0.39 is 0 Å². The molecule has 2 aromatic heterocycles. The smallest absolute Gasteiger partial charge is 0.0975 e. The van der Waals surface area contributed by atoms with E-state index in [2.05, 4.69) is 50.1 Å². The summed E-state index contributed by atoms with van der Waals surface area (Å²) in [6, 6.07) is 4.12. The molecule has 2 aromatic rings. The Morgan fingerprint density at radius 3 is 2.50 bits per heavy atom. The van der Waals surface area contributed by atoms with Gasteiger partial charge in [0.25, 0.3) is 0 Å².